The van der Waals surface area contributed by atoms with Crippen molar-refractivity contribution in [1.29, 1.82) is 0 Å². The van der Waals surface area contributed by atoms with E-state index in [1.54, 1.807) is 0 Å². The van der Waals surface area contributed by atoms with Gasteiger partial charge >= 0.3 is 5.97 Å². The van der Waals surface area contributed by atoms with E-state index >= 15 is 0 Å². The Morgan fingerprint density at radius 2 is 2.33 bits per heavy atom. The van der Waals surface area contributed by atoms with Crippen LogP contribution in [-0.2, 0) is 6.42 Å². The summed E-state index contributed by atoms with van der Waals surface area (Å²) in [7, 11) is 0. The maximum absolute atomic E-state index is 13.7. The minimum atomic E-state index is -1.16. The zero-order valence-corrected chi connectivity index (χ0v) is 11.0. The van der Waals surface area contributed by atoms with Gasteiger partial charge < -0.3 is 5.11 Å². The van der Waals surface area contributed by atoms with Crippen molar-refractivity contribution < 1.29 is 14.3 Å². The van der Waals surface area contributed by atoms with Crippen LogP contribution in [0.15, 0.2) is 27.4 Å². The minimum absolute atomic E-state index is 0.0618. The molecule has 0 unspecified atom stereocenters. The summed E-state index contributed by atoms with van der Waals surface area (Å²) in [5.74, 6) is -1.04. The molecule has 1 N–H and O–H groups in total. The predicted octanol–water partition coefficient (Wildman–Crippen LogP) is 3.09. The highest BCUT2D eigenvalue weighted by atomic mass is 32.2. The second kappa shape index (κ2) is 5.45. The summed E-state index contributed by atoms with van der Waals surface area (Å²) < 4.78 is 18.3. The third-order valence-electron chi connectivity index (χ3n) is 2.15. The van der Waals surface area contributed by atoms with E-state index in [0.29, 0.717) is 16.6 Å². The molecule has 0 fully saturated rings. The average molecular weight is 284 g/mol. The van der Waals surface area contributed by atoms with Crippen LogP contribution in [0.25, 0.3) is 0 Å². The van der Waals surface area contributed by atoms with Crippen LogP contribution < -0.4 is 0 Å². The largest absolute Gasteiger partial charge is 0.478 e. The molecule has 0 amide bonds. The lowest BCUT2D eigenvalue weighted by Gasteiger charge is -2.04. The van der Waals surface area contributed by atoms with Crippen LogP contribution in [0.5, 0.6) is 0 Å². The van der Waals surface area contributed by atoms with Crippen LogP contribution in [0, 0.1) is 5.82 Å². The van der Waals surface area contributed by atoms with Gasteiger partial charge in [0, 0.05) is 6.42 Å². The standard InChI is InChI=1S/C11H9FN2O2S2/c1-2-8-13-11(18-14-8)17-9-6(10(15)16)4-3-5-7(9)12/h3-5H,2H2,1H3,(H,15,16). The Kier molecular flexibility index (Phi) is 3.93. The molecule has 0 bridgehead atoms. The van der Waals surface area contributed by atoms with Gasteiger partial charge in [0.1, 0.15) is 11.6 Å². The molecule has 94 valence electrons. The molecule has 0 spiro atoms. The molecule has 2 rings (SSSR count). The molecule has 0 aliphatic heterocycles. The van der Waals surface area contributed by atoms with Crippen LogP contribution in [0.4, 0.5) is 4.39 Å². The number of nitrogens with zero attached hydrogens (tertiary/aromatic N) is 2. The summed E-state index contributed by atoms with van der Waals surface area (Å²) in [6, 6.07) is 3.98. The zero-order chi connectivity index (χ0) is 13.1. The topological polar surface area (TPSA) is 63.1 Å². The van der Waals surface area contributed by atoms with E-state index in [1.165, 1.54) is 18.2 Å². The van der Waals surface area contributed by atoms with E-state index in [9.17, 15) is 9.18 Å². The van der Waals surface area contributed by atoms with Crippen molar-refractivity contribution in [3.05, 3.63) is 35.4 Å². The van der Waals surface area contributed by atoms with E-state index in [1.807, 2.05) is 6.92 Å². The average Bonchev–Trinajstić information content (AvgIpc) is 2.79. The predicted molar refractivity (Wildman–Crippen MR) is 66.8 cm³/mol. The third-order valence-corrected chi connectivity index (χ3v) is 4.06. The zero-order valence-electron chi connectivity index (χ0n) is 9.38. The highest BCUT2D eigenvalue weighted by Gasteiger charge is 2.17. The summed E-state index contributed by atoms with van der Waals surface area (Å²) in [6.07, 6.45) is 0.695. The van der Waals surface area contributed by atoms with Gasteiger partial charge in [0.2, 0.25) is 0 Å². The fourth-order valence-electron chi connectivity index (χ4n) is 1.29. The molecular formula is C11H9FN2O2S2. The van der Waals surface area contributed by atoms with E-state index in [-0.39, 0.29) is 10.5 Å². The van der Waals surface area contributed by atoms with Crippen LogP contribution in [-0.4, -0.2) is 20.4 Å². The number of rotatable bonds is 4. The molecule has 0 aliphatic carbocycles. The van der Waals surface area contributed by atoms with E-state index in [4.69, 9.17) is 5.11 Å². The van der Waals surface area contributed by atoms with Gasteiger partial charge in [-0.05, 0) is 23.7 Å². The van der Waals surface area contributed by atoms with E-state index < -0.39 is 11.8 Å². The fourth-order valence-corrected chi connectivity index (χ4v) is 3.06. The normalized spacial score (nSPS) is 10.6. The monoisotopic (exact) mass is 284 g/mol. The number of carbonyl (C=O) groups is 1. The van der Waals surface area contributed by atoms with Gasteiger partial charge in [0.25, 0.3) is 0 Å². The van der Waals surface area contributed by atoms with Crippen molar-refractivity contribution in [2.24, 2.45) is 0 Å². The minimum Gasteiger partial charge on any atom is -0.478 e. The number of aromatic carboxylic acids is 1. The maximum atomic E-state index is 13.7. The number of carboxylic acids is 1. The van der Waals surface area contributed by atoms with Gasteiger partial charge in [-0.15, -0.1) is 0 Å². The summed E-state index contributed by atoms with van der Waals surface area (Å²) in [4.78, 5) is 15.3. The number of carboxylic acid groups (broad SMARTS) is 1. The van der Waals surface area contributed by atoms with Gasteiger partial charge in [0.05, 0.1) is 10.5 Å². The van der Waals surface area contributed by atoms with Crippen LogP contribution in [0.3, 0.4) is 0 Å². The number of aryl methyl sites for hydroxylation is 1. The molecule has 2 aromatic rings. The molecular weight excluding hydrogens is 275 g/mol. The molecule has 18 heavy (non-hydrogen) atoms. The van der Waals surface area contributed by atoms with Gasteiger partial charge in [-0.2, -0.15) is 4.37 Å². The highest BCUT2D eigenvalue weighted by Crippen LogP contribution is 2.33. The summed E-state index contributed by atoms with van der Waals surface area (Å²) in [5, 5.41) is 9.01. The highest BCUT2D eigenvalue weighted by molar-refractivity contribution is 8.01. The van der Waals surface area contributed by atoms with Gasteiger partial charge in [-0.25, -0.2) is 14.2 Å². The first-order valence-corrected chi connectivity index (χ1v) is 6.73. The number of halogens is 1. The first-order chi connectivity index (χ1) is 8.61. The first kappa shape index (κ1) is 13.0. The van der Waals surface area contributed by atoms with Crippen molar-refractivity contribution in [1.82, 2.24) is 9.36 Å². The van der Waals surface area contributed by atoms with Crippen molar-refractivity contribution in [3.63, 3.8) is 0 Å². The molecule has 7 heteroatoms. The molecule has 1 aromatic heterocycles. The van der Waals surface area contributed by atoms with Gasteiger partial charge in [0.15, 0.2) is 4.34 Å². The van der Waals surface area contributed by atoms with E-state index in [0.717, 1.165) is 23.3 Å². The Morgan fingerprint density at radius 3 is 2.94 bits per heavy atom. The number of aromatic nitrogens is 2. The van der Waals surface area contributed by atoms with Crippen LogP contribution in [0.2, 0.25) is 0 Å². The van der Waals surface area contributed by atoms with Gasteiger partial charge in [-0.3, -0.25) is 0 Å². The fraction of sp³-hybridized carbons (Fsp3) is 0.182. The lowest BCUT2D eigenvalue weighted by Crippen LogP contribution is -2.00. The molecule has 0 saturated carbocycles. The Balaban J connectivity index is 2.36. The number of hydrogen-bond acceptors (Lipinski definition) is 5. The van der Waals surface area contributed by atoms with Crippen molar-refractivity contribution >= 4 is 29.3 Å². The molecule has 0 saturated heterocycles. The Labute approximate surface area is 111 Å². The van der Waals surface area contributed by atoms with Crippen molar-refractivity contribution in [3.8, 4) is 0 Å². The SMILES string of the molecule is CCc1nsc(Sc2c(F)cccc2C(=O)O)n1. The van der Waals surface area contributed by atoms with Crippen LogP contribution >= 0.6 is 23.3 Å². The third kappa shape index (κ3) is 2.68. The molecule has 0 aliphatic rings. The maximum Gasteiger partial charge on any atom is 0.336 e. The molecule has 1 aromatic carbocycles. The quantitative estimate of drug-likeness (QED) is 0.934. The molecule has 0 atom stereocenters. The van der Waals surface area contributed by atoms with Crippen molar-refractivity contribution in [2.75, 3.05) is 0 Å². The second-order valence-electron chi connectivity index (χ2n) is 3.35. The summed E-state index contributed by atoms with van der Waals surface area (Å²) in [6.45, 7) is 1.92. The summed E-state index contributed by atoms with van der Waals surface area (Å²) >= 11 is 2.13. The Bertz CT molecular complexity index is 586. The van der Waals surface area contributed by atoms with Gasteiger partial charge in [-0.1, -0.05) is 24.8 Å². The lowest BCUT2D eigenvalue weighted by molar-refractivity contribution is 0.0692. The molecule has 1 heterocycles. The van der Waals surface area contributed by atoms with Crippen LogP contribution in [0.1, 0.15) is 23.1 Å². The Morgan fingerprint density at radius 1 is 1.56 bits per heavy atom. The van der Waals surface area contributed by atoms with E-state index in [2.05, 4.69) is 9.36 Å². The molecule has 0 radical (unpaired) electrons. The second-order valence-corrected chi connectivity index (χ2v) is 5.36. The number of hydrogen-bond donors (Lipinski definition) is 1. The first-order valence-electron chi connectivity index (χ1n) is 5.14. The lowest BCUT2D eigenvalue weighted by atomic mass is 10.2. The van der Waals surface area contributed by atoms with Crippen molar-refractivity contribution in [2.45, 2.75) is 22.6 Å². The Hall–Kier alpha value is -1.47. The molecule has 4 nitrogen and oxygen atoms in total. The number of benzene rings is 1. The smallest absolute Gasteiger partial charge is 0.336 e. The summed E-state index contributed by atoms with van der Waals surface area (Å²) in [5.41, 5.74) is -0.0618.